The first-order valence-corrected chi connectivity index (χ1v) is 6.61. The molecule has 2 aromatic rings. The smallest absolute Gasteiger partial charge is 0.203 e. The van der Waals surface area contributed by atoms with Crippen LogP contribution < -0.4 is 19.5 Å². The Kier molecular flexibility index (Phi) is 4.81. The molecule has 0 radical (unpaired) electrons. The summed E-state index contributed by atoms with van der Waals surface area (Å²) in [4.78, 5) is 8.72. The van der Waals surface area contributed by atoms with Gasteiger partial charge in [0, 0.05) is 18.9 Å². The van der Waals surface area contributed by atoms with E-state index >= 15 is 0 Å². The minimum atomic E-state index is 0.533. The highest BCUT2D eigenvalue weighted by Crippen LogP contribution is 2.44. The highest BCUT2D eigenvalue weighted by molar-refractivity contribution is 5.80. The highest BCUT2D eigenvalue weighted by Gasteiger charge is 2.20. The Bertz CT molecular complexity index is 617. The summed E-state index contributed by atoms with van der Waals surface area (Å²) in [5.41, 5.74) is 1.50. The van der Waals surface area contributed by atoms with Crippen LogP contribution in [-0.4, -0.2) is 37.8 Å². The van der Waals surface area contributed by atoms with Gasteiger partial charge in [-0.3, -0.25) is 4.98 Å². The van der Waals surface area contributed by atoms with E-state index in [1.54, 1.807) is 33.7 Å². The van der Waals surface area contributed by atoms with Crippen molar-refractivity contribution in [3.63, 3.8) is 0 Å². The van der Waals surface area contributed by atoms with Crippen molar-refractivity contribution in [2.24, 2.45) is 0 Å². The van der Waals surface area contributed by atoms with Gasteiger partial charge in [-0.05, 0) is 19.1 Å². The molecule has 1 heterocycles. The van der Waals surface area contributed by atoms with Gasteiger partial charge in [-0.2, -0.15) is 0 Å². The first-order chi connectivity index (χ1) is 10.3. The van der Waals surface area contributed by atoms with E-state index in [0.717, 1.165) is 12.1 Å². The van der Waals surface area contributed by atoms with Gasteiger partial charge in [-0.1, -0.05) is 0 Å². The molecule has 0 aliphatic carbocycles. The highest BCUT2D eigenvalue weighted by atomic mass is 16.5. The summed E-state index contributed by atoms with van der Waals surface area (Å²) in [6.07, 6.45) is 3.29. The lowest BCUT2D eigenvalue weighted by Gasteiger charge is -2.16. The van der Waals surface area contributed by atoms with E-state index in [1.165, 1.54) is 0 Å². The van der Waals surface area contributed by atoms with Crippen LogP contribution in [0.1, 0.15) is 6.92 Å². The van der Waals surface area contributed by atoms with Crippen molar-refractivity contribution in [1.29, 1.82) is 0 Å². The van der Waals surface area contributed by atoms with Gasteiger partial charge in [-0.15, -0.1) is 0 Å². The Labute approximate surface area is 124 Å². The standard InChI is InChI=1S/C15H19N3O3/c1-5-16-15-12(17-8-9-18-15)10-6-7-11(19-2)14(21-4)13(10)20-3/h6-9H,5H2,1-4H3,(H,16,18). The van der Waals surface area contributed by atoms with Gasteiger partial charge < -0.3 is 19.5 Å². The molecule has 0 aliphatic heterocycles. The molecule has 0 aliphatic rings. The Morgan fingerprint density at radius 3 is 2.29 bits per heavy atom. The Morgan fingerprint density at radius 1 is 0.952 bits per heavy atom. The zero-order valence-corrected chi connectivity index (χ0v) is 12.6. The zero-order chi connectivity index (χ0) is 15.2. The summed E-state index contributed by atoms with van der Waals surface area (Å²) >= 11 is 0. The molecule has 0 amide bonds. The number of nitrogens with one attached hydrogen (secondary N) is 1. The van der Waals surface area contributed by atoms with Crippen molar-refractivity contribution in [3.05, 3.63) is 24.5 Å². The average Bonchev–Trinajstić information content (AvgIpc) is 2.54. The molecule has 0 saturated carbocycles. The predicted octanol–water partition coefficient (Wildman–Crippen LogP) is 2.60. The van der Waals surface area contributed by atoms with Gasteiger partial charge in [0.2, 0.25) is 5.75 Å². The number of aromatic nitrogens is 2. The van der Waals surface area contributed by atoms with Crippen LogP contribution in [0.4, 0.5) is 5.82 Å². The molecular weight excluding hydrogens is 270 g/mol. The molecule has 0 spiro atoms. The lowest BCUT2D eigenvalue weighted by Crippen LogP contribution is -2.04. The van der Waals surface area contributed by atoms with E-state index in [0.29, 0.717) is 28.8 Å². The van der Waals surface area contributed by atoms with Crippen LogP contribution in [-0.2, 0) is 0 Å². The van der Waals surface area contributed by atoms with Crippen molar-refractivity contribution < 1.29 is 14.2 Å². The summed E-state index contributed by atoms with van der Waals surface area (Å²) in [6.45, 7) is 2.76. The summed E-state index contributed by atoms with van der Waals surface area (Å²) in [5, 5.41) is 3.19. The monoisotopic (exact) mass is 289 g/mol. The molecule has 1 N–H and O–H groups in total. The van der Waals surface area contributed by atoms with E-state index in [1.807, 2.05) is 19.1 Å². The van der Waals surface area contributed by atoms with Crippen molar-refractivity contribution >= 4 is 5.82 Å². The number of methoxy groups -OCH3 is 3. The van der Waals surface area contributed by atoms with E-state index in [4.69, 9.17) is 14.2 Å². The van der Waals surface area contributed by atoms with Crippen LogP contribution in [0, 0.1) is 0 Å². The summed E-state index contributed by atoms with van der Waals surface area (Å²) in [6, 6.07) is 3.70. The number of anilines is 1. The topological polar surface area (TPSA) is 65.5 Å². The van der Waals surface area contributed by atoms with Gasteiger partial charge >= 0.3 is 0 Å². The lowest BCUT2D eigenvalue weighted by molar-refractivity contribution is 0.325. The van der Waals surface area contributed by atoms with Gasteiger partial charge in [-0.25, -0.2) is 4.98 Å². The maximum absolute atomic E-state index is 5.50. The number of rotatable bonds is 6. The van der Waals surface area contributed by atoms with E-state index in [2.05, 4.69) is 15.3 Å². The van der Waals surface area contributed by atoms with Gasteiger partial charge in [0.05, 0.1) is 26.9 Å². The van der Waals surface area contributed by atoms with Gasteiger partial charge in [0.15, 0.2) is 17.3 Å². The molecule has 2 rings (SSSR count). The molecule has 1 aromatic carbocycles. The maximum Gasteiger partial charge on any atom is 0.203 e. The van der Waals surface area contributed by atoms with Crippen LogP contribution >= 0.6 is 0 Å². The molecule has 21 heavy (non-hydrogen) atoms. The van der Waals surface area contributed by atoms with Crippen LogP contribution in [0.15, 0.2) is 24.5 Å². The summed E-state index contributed by atoms with van der Waals surface area (Å²) in [5.74, 6) is 2.40. The fraction of sp³-hybridized carbons (Fsp3) is 0.333. The largest absolute Gasteiger partial charge is 0.493 e. The van der Waals surface area contributed by atoms with Crippen molar-refractivity contribution in [1.82, 2.24) is 9.97 Å². The lowest BCUT2D eigenvalue weighted by atomic mass is 10.1. The number of ether oxygens (including phenoxy) is 3. The second-order valence-electron chi connectivity index (χ2n) is 4.17. The molecule has 112 valence electrons. The molecule has 0 saturated heterocycles. The Balaban J connectivity index is 2.64. The van der Waals surface area contributed by atoms with Crippen LogP contribution in [0.3, 0.4) is 0 Å². The van der Waals surface area contributed by atoms with Crippen molar-refractivity contribution in [3.8, 4) is 28.5 Å². The first kappa shape index (κ1) is 14.9. The van der Waals surface area contributed by atoms with E-state index in [9.17, 15) is 0 Å². The fourth-order valence-electron chi connectivity index (χ4n) is 2.12. The summed E-state index contributed by atoms with van der Waals surface area (Å²) < 4.78 is 16.2. The molecule has 0 atom stereocenters. The fourth-order valence-corrected chi connectivity index (χ4v) is 2.12. The quantitative estimate of drug-likeness (QED) is 0.881. The molecule has 1 aromatic heterocycles. The number of hydrogen-bond acceptors (Lipinski definition) is 6. The van der Waals surface area contributed by atoms with Crippen LogP contribution in [0.5, 0.6) is 17.2 Å². The minimum Gasteiger partial charge on any atom is -0.493 e. The SMILES string of the molecule is CCNc1nccnc1-c1ccc(OC)c(OC)c1OC. The van der Waals surface area contributed by atoms with Crippen LogP contribution in [0.25, 0.3) is 11.3 Å². The maximum atomic E-state index is 5.50. The number of hydrogen-bond donors (Lipinski definition) is 1. The predicted molar refractivity (Wildman–Crippen MR) is 81.3 cm³/mol. The summed E-state index contributed by atoms with van der Waals surface area (Å²) in [7, 11) is 4.75. The van der Waals surface area contributed by atoms with E-state index in [-0.39, 0.29) is 0 Å². The van der Waals surface area contributed by atoms with Gasteiger partial charge in [0.25, 0.3) is 0 Å². The average molecular weight is 289 g/mol. The number of nitrogens with zero attached hydrogens (tertiary/aromatic N) is 2. The molecule has 0 unspecified atom stereocenters. The number of benzene rings is 1. The van der Waals surface area contributed by atoms with E-state index < -0.39 is 0 Å². The molecule has 0 fully saturated rings. The third-order valence-electron chi connectivity index (χ3n) is 3.00. The van der Waals surface area contributed by atoms with Crippen molar-refractivity contribution in [2.45, 2.75) is 6.92 Å². The van der Waals surface area contributed by atoms with Gasteiger partial charge in [0.1, 0.15) is 5.69 Å². The van der Waals surface area contributed by atoms with Crippen LogP contribution in [0.2, 0.25) is 0 Å². The molecule has 6 heteroatoms. The zero-order valence-electron chi connectivity index (χ0n) is 12.6. The third-order valence-corrected chi connectivity index (χ3v) is 3.00. The molecule has 0 bridgehead atoms. The van der Waals surface area contributed by atoms with Crippen molar-refractivity contribution in [2.75, 3.05) is 33.2 Å². The second-order valence-corrected chi connectivity index (χ2v) is 4.17. The molecule has 6 nitrogen and oxygen atoms in total. The Hall–Kier alpha value is -2.50. The normalized spacial score (nSPS) is 10.1. The minimum absolute atomic E-state index is 0.533. The third kappa shape index (κ3) is 2.84. The second kappa shape index (κ2) is 6.78. The first-order valence-electron chi connectivity index (χ1n) is 6.61. The Morgan fingerprint density at radius 2 is 1.67 bits per heavy atom. The molecular formula is C15H19N3O3.